The van der Waals surface area contributed by atoms with Crippen LogP contribution in [0.1, 0.15) is 23.6 Å². The molecule has 3 aromatic rings. The van der Waals surface area contributed by atoms with E-state index in [-0.39, 0.29) is 36.5 Å². The van der Waals surface area contributed by atoms with Crippen LogP contribution in [0.5, 0.6) is 23.0 Å². The van der Waals surface area contributed by atoms with Crippen molar-refractivity contribution in [3.8, 4) is 23.0 Å². The van der Waals surface area contributed by atoms with Crippen molar-refractivity contribution in [2.24, 2.45) is 0 Å². The average Bonchev–Trinajstić information content (AvgIpc) is 2.90. The molecule has 2 heterocycles. The number of carbonyl (C=O) groups excluding carboxylic acids is 3. The summed E-state index contributed by atoms with van der Waals surface area (Å²) in [5.41, 5.74) is 1.77. The Bertz CT molecular complexity index is 1410. The van der Waals surface area contributed by atoms with E-state index >= 15 is 0 Å². The van der Waals surface area contributed by atoms with E-state index in [9.17, 15) is 34.5 Å². The highest BCUT2D eigenvalue weighted by atomic mass is 16.5. The number of aliphatic carboxylic acids is 1. The largest absolute Gasteiger partial charge is 0.508 e. The van der Waals surface area contributed by atoms with Crippen LogP contribution in [0.4, 0.5) is 0 Å². The van der Waals surface area contributed by atoms with Crippen molar-refractivity contribution >= 4 is 23.7 Å². The van der Waals surface area contributed by atoms with E-state index in [1.807, 2.05) is 0 Å². The summed E-state index contributed by atoms with van der Waals surface area (Å²) in [7, 11) is 0. The van der Waals surface area contributed by atoms with Crippen molar-refractivity contribution in [3.05, 3.63) is 83.4 Å². The van der Waals surface area contributed by atoms with Gasteiger partial charge in [0.05, 0.1) is 0 Å². The Morgan fingerprint density at radius 2 is 1.57 bits per heavy atom. The maximum Gasteiger partial charge on any atom is 0.326 e. The number of benzene rings is 3. The topological polar surface area (TPSA) is 174 Å². The van der Waals surface area contributed by atoms with Crippen molar-refractivity contribution in [1.29, 1.82) is 0 Å². The number of rotatable bonds is 4. The molecule has 0 fully saturated rings. The molecule has 6 N–H and O–H groups in total. The Kier molecular flexibility index (Phi) is 8.53. The van der Waals surface area contributed by atoms with Gasteiger partial charge in [0.15, 0.2) is 11.5 Å². The SMILES string of the molecule is CC(=O)N[C@@H]1Cc2ccc(cc2)Oc2cc(ccc2O)C[C@H](C(=O)O)NC(=O)[C@H](Cc2ccc(O)cc2)NC1=O. The van der Waals surface area contributed by atoms with Crippen LogP contribution >= 0.6 is 0 Å². The van der Waals surface area contributed by atoms with Crippen molar-refractivity contribution in [1.82, 2.24) is 16.0 Å². The molecular weight excluding hydrogens is 518 g/mol. The summed E-state index contributed by atoms with van der Waals surface area (Å²) in [5.74, 6) is -2.79. The number of fused-ring (bicyclic) bond motifs is 10. The Morgan fingerprint density at radius 3 is 2.23 bits per heavy atom. The Labute approximate surface area is 229 Å². The number of phenolic OH excluding ortho intramolecular Hbond substituents is 2. The third-order valence-electron chi connectivity index (χ3n) is 6.37. The lowest BCUT2D eigenvalue weighted by molar-refractivity contribution is -0.142. The van der Waals surface area contributed by atoms with E-state index in [0.717, 1.165) is 0 Å². The average molecular weight is 548 g/mol. The predicted octanol–water partition coefficient (Wildman–Crippen LogP) is 1.79. The second-order valence-corrected chi connectivity index (χ2v) is 9.54. The van der Waals surface area contributed by atoms with E-state index in [0.29, 0.717) is 22.4 Å². The van der Waals surface area contributed by atoms with Crippen LogP contribution < -0.4 is 20.7 Å². The predicted molar refractivity (Wildman–Crippen MR) is 143 cm³/mol. The van der Waals surface area contributed by atoms with Crippen LogP contribution in [0.3, 0.4) is 0 Å². The lowest BCUT2D eigenvalue weighted by Crippen LogP contribution is -2.57. The van der Waals surface area contributed by atoms with Crippen LogP contribution in [0.25, 0.3) is 0 Å². The third-order valence-corrected chi connectivity index (χ3v) is 6.37. The number of carbonyl (C=O) groups is 4. The molecule has 208 valence electrons. The van der Waals surface area contributed by atoms with Gasteiger partial charge in [-0.05, 0) is 53.1 Å². The molecule has 0 aromatic heterocycles. The third kappa shape index (κ3) is 7.28. The highest BCUT2D eigenvalue weighted by Crippen LogP contribution is 2.32. The molecule has 0 aliphatic carbocycles. The minimum Gasteiger partial charge on any atom is -0.508 e. The zero-order chi connectivity index (χ0) is 28.8. The van der Waals surface area contributed by atoms with Gasteiger partial charge in [-0.25, -0.2) is 4.79 Å². The van der Waals surface area contributed by atoms with Gasteiger partial charge in [-0.15, -0.1) is 0 Å². The first kappa shape index (κ1) is 28.0. The van der Waals surface area contributed by atoms with Crippen LogP contribution in [-0.2, 0) is 38.4 Å². The zero-order valence-corrected chi connectivity index (χ0v) is 21.6. The van der Waals surface area contributed by atoms with Crippen molar-refractivity contribution in [3.63, 3.8) is 0 Å². The molecule has 40 heavy (non-hydrogen) atoms. The fraction of sp³-hybridized carbons (Fsp3) is 0.241. The standard InChI is InChI=1S/C29H29N3O8/c1-16(33)30-22-12-18-4-9-21(10-5-18)40-26-15-19(6-11-25(26)35)14-24(29(38)39)32-28(37)23(31-27(22)36)13-17-2-7-20(34)8-3-17/h2-11,15,22-24,34-35H,12-14H2,1H3,(H,30,33)(H,31,36)(H,32,37)(H,38,39)/t22-,23+,24-/m1/s1. The molecule has 3 amide bonds. The maximum atomic E-state index is 13.4. The van der Waals surface area contributed by atoms with Crippen LogP contribution in [-0.4, -0.2) is 57.1 Å². The normalized spacial score (nSPS) is 19.5. The Morgan fingerprint density at radius 1 is 0.900 bits per heavy atom. The molecule has 0 saturated heterocycles. The molecule has 3 atom stereocenters. The van der Waals surface area contributed by atoms with E-state index in [1.165, 1.54) is 37.3 Å². The van der Waals surface area contributed by atoms with Crippen LogP contribution in [0, 0.1) is 0 Å². The second-order valence-electron chi connectivity index (χ2n) is 9.54. The molecule has 0 radical (unpaired) electrons. The molecule has 3 aromatic carbocycles. The summed E-state index contributed by atoms with van der Waals surface area (Å²) >= 11 is 0. The molecule has 4 bridgehead atoms. The van der Waals surface area contributed by atoms with Gasteiger partial charge in [0.25, 0.3) is 0 Å². The lowest BCUT2D eigenvalue weighted by atomic mass is 10.0. The van der Waals surface area contributed by atoms with Gasteiger partial charge in [-0.1, -0.05) is 30.3 Å². The highest BCUT2D eigenvalue weighted by Gasteiger charge is 2.30. The zero-order valence-electron chi connectivity index (χ0n) is 21.6. The molecule has 11 heteroatoms. The number of ether oxygens (including phenoxy) is 1. The van der Waals surface area contributed by atoms with E-state index < -0.39 is 41.8 Å². The highest BCUT2D eigenvalue weighted by molar-refractivity contribution is 5.93. The number of nitrogens with one attached hydrogen (secondary N) is 3. The Balaban J connectivity index is 1.74. The van der Waals surface area contributed by atoms with Gasteiger partial charge in [-0.2, -0.15) is 0 Å². The van der Waals surface area contributed by atoms with E-state index in [4.69, 9.17) is 4.74 Å². The van der Waals surface area contributed by atoms with Gasteiger partial charge in [-0.3, -0.25) is 14.4 Å². The number of amides is 3. The lowest BCUT2D eigenvalue weighted by Gasteiger charge is -2.24. The monoisotopic (exact) mass is 547 g/mol. The molecule has 0 saturated carbocycles. The summed E-state index contributed by atoms with van der Waals surface area (Å²) in [6.45, 7) is 1.27. The number of phenols is 2. The van der Waals surface area contributed by atoms with Gasteiger partial charge in [0.1, 0.15) is 29.6 Å². The van der Waals surface area contributed by atoms with Crippen LogP contribution in [0.15, 0.2) is 66.7 Å². The number of hydrogen-bond acceptors (Lipinski definition) is 7. The first-order chi connectivity index (χ1) is 19.1. The number of carboxylic acids is 1. The molecule has 11 nitrogen and oxygen atoms in total. The van der Waals surface area contributed by atoms with E-state index in [2.05, 4.69) is 16.0 Å². The second kappa shape index (κ2) is 12.2. The molecular formula is C29H29N3O8. The Hall–Kier alpha value is -5.06. The van der Waals surface area contributed by atoms with Gasteiger partial charge in [0.2, 0.25) is 17.7 Å². The molecule has 0 unspecified atom stereocenters. The summed E-state index contributed by atoms with van der Waals surface area (Å²) in [6, 6.07) is 13.5. The summed E-state index contributed by atoms with van der Waals surface area (Å²) in [6.07, 6.45) is -0.0500. The van der Waals surface area contributed by atoms with E-state index in [1.54, 1.807) is 36.4 Å². The first-order valence-electron chi connectivity index (χ1n) is 12.5. The van der Waals surface area contributed by atoms with Gasteiger partial charge < -0.3 is 36.0 Å². The molecule has 2 aliphatic heterocycles. The van der Waals surface area contributed by atoms with Crippen LogP contribution in [0.2, 0.25) is 0 Å². The minimum atomic E-state index is -1.37. The fourth-order valence-electron chi connectivity index (χ4n) is 4.34. The first-order valence-corrected chi connectivity index (χ1v) is 12.5. The quantitative estimate of drug-likeness (QED) is 0.287. The van der Waals surface area contributed by atoms with Crippen molar-refractivity contribution in [2.75, 3.05) is 0 Å². The van der Waals surface area contributed by atoms with Crippen molar-refractivity contribution < 1.29 is 39.2 Å². The maximum absolute atomic E-state index is 13.4. The molecule has 0 spiro atoms. The summed E-state index contributed by atoms with van der Waals surface area (Å²) < 4.78 is 5.80. The number of carboxylic acid groups (broad SMARTS) is 1. The van der Waals surface area contributed by atoms with Crippen molar-refractivity contribution in [2.45, 2.75) is 44.3 Å². The minimum absolute atomic E-state index is 0.0110. The molecule has 2 aliphatic rings. The smallest absolute Gasteiger partial charge is 0.326 e. The molecule has 5 rings (SSSR count). The number of hydrogen-bond donors (Lipinski definition) is 6. The van der Waals surface area contributed by atoms with Gasteiger partial charge >= 0.3 is 5.97 Å². The summed E-state index contributed by atoms with van der Waals surface area (Å²) in [4.78, 5) is 50.8. The van der Waals surface area contributed by atoms with Gasteiger partial charge in [0, 0.05) is 26.2 Å². The fourth-order valence-corrected chi connectivity index (χ4v) is 4.34. The summed E-state index contributed by atoms with van der Waals surface area (Å²) in [5, 5.41) is 37.5. The number of aromatic hydroxyl groups is 2.